The van der Waals surface area contributed by atoms with Gasteiger partial charge >= 0.3 is 13.9 Å². The predicted molar refractivity (Wildman–Crippen MR) is 217 cm³/mol. The van der Waals surface area contributed by atoms with Crippen LogP contribution in [0.25, 0.3) is 22.3 Å². The summed E-state index contributed by atoms with van der Waals surface area (Å²) in [6.07, 6.45) is -10.5. The van der Waals surface area contributed by atoms with Gasteiger partial charge in [-0.2, -0.15) is 14.8 Å². The molecule has 62 heavy (non-hydrogen) atoms. The molecule has 2 aliphatic heterocycles. The number of carbonyl (C=O) groups is 2. The monoisotopic (exact) mass is 937 g/mol. The van der Waals surface area contributed by atoms with Gasteiger partial charge in [0.15, 0.2) is 59.0 Å². The summed E-state index contributed by atoms with van der Waals surface area (Å²) in [5.41, 5.74) is -0.699. The van der Waals surface area contributed by atoms with Gasteiger partial charge in [0, 0.05) is 11.5 Å². The van der Waals surface area contributed by atoms with Gasteiger partial charge in [-0.3, -0.25) is 38.3 Å². The number of carbonyl (C=O) groups excluding carboxylic acids is 2. The maximum atomic E-state index is 16.4. The number of aromatic amines is 1. The molecule has 2 saturated heterocycles. The highest BCUT2D eigenvalue weighted by Gasteiger charge is 2.53. The van der Waals surface area contributed by atoms with Crippen LogP contribution in [0.4, 0.5) is 20.5 Å². The van der Waals surface area contributed by atoms with Gasteiger partial charge < -0.3 is 41.2 Å². The smallest absolute Gasteiger partial charge is 0.372 e. The van der Waals surface area contributed by atoms with Gasteiger partial charge in [-0.25, -0.2) is 28.7 Å². The average molecular weight is 938 g/mol. The third-order valence-electron chi connectivity index (χ3n) is 9.40. The summed E-state index contributed by atoms with van der Waals surface area (Å²) in [5.74, 6) is -1.68. The summed E-state index contributed by atoms with van der Waals surface area (Å²) in [4.78, 5) is 61.5. The maximum absolute atomic E-state index is 16.4. The molecular formula is C34H35F2N11O11P2S2. The Labute approximate surface area is 359 Å². The van der Waals surface area contributed by atoms with E-state index < -0.39 is 99.7 Å². The summed E-state index contributed by atoms with van der Waals surface area (Å²) in [7, 11) is -2.85. The van der Waals surface area contributed by atoms with E-state index >= 15 is 8.78 Å². The van der Waals surface area contributed by atoms with E-state index in [4.69, 9.17) is 51.6 Å². The number of H-pyrrole nitrogens is 1. The van der Waals surface area contributed by atoms with Crippen molar-refractivity contribution in [2.24, 2.45) is 5.92 Å². The van der Waals surface area contributed by atoms with Crippen molar-refractivity contribution >= 4 is 83.9 Å². The molecule has 28 heteroatoms. The normalized spacial score (nSPS) is 24.9. The second-order valence-corrected chi connectivity index (χ2v) is 18.3. The Morgan fingerprint density at radius 3 is 2.44 bits per heavy atom. The molecule has 2 amide bonds. The van der Waals surface area contributed by atoms with E-state index in [1.54, 1.807) is 44.2 Å². The number of rotatable bonds is 17. The third-order valence-corrected chi connectivity index (χ3v) is 12.4. The van der Waals surface area contributed by atoms with Gasteiger partial charge in [0.1, 0.15) is 24.6 Å². The summed E-state index contributed by atoms with van der Waals surface area (Å²) in [6, 6.07) is 10.2. The van der Waals surface area contributed by atoms with Gasteiger partial charge in [-0.05, 0) is 23.9 Å². The van der Waals surface area contributed by atoms with Gasteiger partial charge in [0.25, 0.3) is 11.5 Å². The highest BCUT2D eigenvalue weighted by atomic mass is 32.7. The van der Waals surface area contributed by atoms with Crippen molar-refractivity contribution in [1.82, 2.24) is 39.0 Å². The lowest BCUT2D eigenvalue weighted by Crippen LogP contribution is -2.34. The summed E-state index contributed by atoms with van der Waals surface area (Å²) < 4.78 is 82.0. The minimum absolute atomic E-state index is 0.0121. The minimum atomic E-state index is -4.25. The molecule has 2 aliphatic rings. The first-order valence-electron chi connectivity index (χ1n) is 18.5. The summed E-state index contributed by atoms with van der Waals surface area (Å²) >= 11 is 10.4. The second kappa shape index (κ2) is 19.3. The maximum Gasteiger partial charge on any atom is 0.372 e. The van der Waals surface area contributed by atoms with Crippen LogP contribution in [0.3, 0.4) is 0 Å². The van der Waals surface area contributed by atoms with Crippen LogP contribution in [0, 0.1) is 17.2 Å². The van der Waals surface area contributed by atoms with Crippen LogP contribution in [0.2, 0.25) is 0 Å². The fraction of sp³-hybridized carbons (Fsp3) is 0.441. The number of amides is 2. The Morgan fingerprint density at radius 1 is 1.03 bits per heavy atom. The Morgan fingerprint density at radius 2 is 1.74 bits per heavy atom. The number of aromatic nitrogens is 8. The number of fused-ring (bicyclic) bond motifs is 2. The van der Waals surface area contributed by atoms with Gasteiger partial charge in [-0.15, -0.1) is 0 Å². The molecule has 5 aromatic rings. The Kier molecular flexibility index (Phi) is 14.1. The van der Waals surface area contributed by atoms with Crippen molar-refractivity contribution in [3.05, 3.63) is 65.2 Å². The zero-order valence-corrected chi connectivity index (χ0v) is 35.6. The molecule has 6 heterocycles. The Balaban J connectivity index is 1.15. The fourth-order valence-electron chi connectivity index (χ4n) is 6.40. The van der Waals surface area contributed by atoms with Crippen LogP contribution in [0.5, 0.6) is 0 Å². The lowest BCUT2D eigenvalue weighted by atomic mass is 10.1. The number of halogens is 2. The Bertz CT molecular complexity index is 2620. The molecule has 1 aromatic carbocycles. The topological polar surface area (TPSA) is 282 Å². The standard InChI is InChI=1S/C34H35F2N11O11P2S2/c1-16(2)29(49)44-34-43-28-23(31(51)45-34)41-15-47(28)33-25(20(35)18(11-48)55-33)58-60(62,53-10-6-9-37)54-12-19-24(57-59(52)61)21(36)32(56-19)46-14-40-22-26(38-13-39-27(22)46)42-30(50)17-7-4-3-5-8-17/h3-5,7-8,13-16,18-21,24-25,32-33,48H,6,10-12H2,1-2H3,(H,38,39,42,50)(H2,43,44,45,49,51)/t18-,19-,20-,21+,24-,25-,32-,33-,60?/m1/s1. The molecule has 7 rings (SSSR count). The second-order valence-electron chi connectivity index (χ2n) is 13.8. The van der Waals surface area contributed by atoms with Gasteiger partial charge in [0.2, 0.25) is 11.9 Å². The first-order chi connectivity index (χ1) is 29.7. The lowest BCUT2D eigenvalue weighted by Gasteiger charge is -2.29. The first kappa shape index (κ1) is 45.3. The van der Waals surface area contributed by atoms with Crippen LogP contribution >= 0.6 is 13.9 Å². The van der Waals surface area contributed by atoms with Crippen LogP contribution in [0.15, 0.2) is 54.1 Å². The molecule has 0 radical (unpaired) electrons. The number of hydrogen-bond donors (Lipinski definition) is 4. The third kappa shape index (κ3) is 9.58. The van der Waals surface area contributed by atoms with E-state index in [1.165, 1.54) is 10.9 Å². The highest BCUT2D eigenvalue weighted by molar-refractivity contribution is 8.25. The van der Waals surface area contributed by atoms with Gasteiger partial charge in [-0.1, -0.05) is 36.6 Å². The molecular weight excluding hydrogens is 903 g/mol. The molecule has 2 unspecified atom stereocenters. The van der Waals surface area contributed by atoms with Crippen molar-refractivity contribution in [2.75, 3.05) is 30.5 Å². The van der Waals surface area contributed by atoms with Crippen LogP contribution in [-0.4, -0.2) is 113 Å². The number of nitrogens with zero attached hydrogens (tertiary/aromatic N) is 8. The number of nitrogens with one attached hydrogen (secondary N) is 3. The molecule has 0 saturated carbocycles. The molecule has 4 N–H and O–H groups in total. The number of ether oxygens (including phenoxy) is 2. The highest BCUT2D eigenvalue weighted by Crippen LogP contribution is 2.55. The zero-order chi connectivity index (χ0) is 44.3. The molecule has 22 nitrogen and oxygen atoms in total. The minimum Gasteiger partial charge on any atom is -0.408 e. The number of anilines is 2. The first-order valence-corrected chi connectivity index (χ1v) is 23.2. The number of benzene rings is 1. The largest absolute Gasteiger partial charge is 0.408 e. The van der Waals surface area contributed by atoms with Crippen LogP contribution < -0.4 is 16.2 Å². The molecule has 0 aliphatic carbocycles. The molecule has 2 fully saturated rings. The number of hydrogen-bond acceptors (Lipinski definition) is 19. The number of nitriles is 1. The SMILES string of the molecule is CC(C)C(=O)Nc1nc2c(ncn2[C@@H]2O[C@H](CO)[C@@H](F)[C@H]2OP(=S)(OCCC#N)OC[C@H]2O[C@@H](n3cnc4c(NC(=O)c5ccccc5)ncnc43)[C@@H](F)[C@@H]2O[P+](=O)[S-])c(=O)[nH]1. The predicted octanol–water partition coefficient (Wildman–Crippen LogP) is 3.42. The lowest BCUT2D eigenvalue weighted by molar-refractivity contribution is -0.118. The number of aliphatic hydroxyl groups excluding tert-OH is 1. The van der Waals surface area contributed by atoms with Crippen LogP contribution in [0.1, 0.15) is 43.1 Å². The van der Waals surface area contributed by atoms with Crippen molar-refractivity contribution in [2.45, 2.75) is 69.5 Å². The zero-order valence-electron chi connectivity index (χ0n) is 32.2. The molecule has 0 spiro atoms. The van der Waals surface area contributed by atoms with Crippen molar-refractivity contribution < 1.29 is 55.6 Å². The van der Waals surface area contributed by atoms with Crippen LogP contribution in [-0.2, 0) is 61.0 Å². The quantitative estimate of drug-likeness (QED) is 0.0590. The average Bonchev–Trinajstić information content (AvgIpc) is 4.02. The van der Waals surface area contributed by atoms with Crippen molar-refractivity contribution in [3.8, 4) is 6.07 Å². The Hall–Kier alpha value is -4.77. The summed E-state index contributed by atoms with van der Waals surface area (Å²) in [6.45, 7) is -2.93. The molecule has 0 bridgehead atoms. The molecule has 4 aromatic heterocycles. The van der Waals surface area contributed by atoms with E-state index in [0.29, 0.717) is 5.56 Å². The van der Waals surface area contributed by atoms with Gasteiger partial charge in [0.05, 0.1) is 45.0 Å². The van der Waals surface area contributed by atoms with Crippen molar-refractivity contribution in [1.29, 1.82) is 5.26 Å². The van der Waals surface area contributed by atoms with E-state index in [1.807, 2.05) is 6.07 Å². The van der Waals surface area contributed by atoms with E-state index in [2.05, 4.69) is 40.5 Å². The fourth-order valence-corrected chi connectivity index (χ4v) is 9.21. The number of alkyl halides is 2. The van der Waals surface area contributed by atoms with Crippen molar-refractivity contribution in [3.63, 3.8) is 0 Å². The van der Waals surface area contributed by atoms with E-state index in [-0.39, 0.29) is 47.1 Å². The van der Waals surface area contributed by atoms with E-state index in [9.17, 15) is 29.3 Å². The number of imidazole rings is 2. The van der Waals surface area contributed by atoms with E-state index in [0.717, 1.165) is 17.2 Å². The molecule has 328 valence electrons. The summed E-state index contributed by atoms with van der Waals surface area (Å²) in [5, 5.41) is 24.4. The molecule has 10 atom stereocenters. The number of aliphatic hydroxyl groups is 1.